The smallest absolute Gasteiger partial charge is 0.303 e. The Kier molecular flexibility index (Phi) is 4.61. The molecule has 1 aromatic heterocycles. The molecule has 0 aliphatic carbocycles. The van der Waals surface area contributed by atoms with Crippen molar-refractivity contribution >= 4 is 16.9 Å². The second-order valence-corrected chi connectivity index (χ2v) is 5.63. The SMILES string of the molecule is COc1ccc(-c2[nH]c3ccc(F)cc3c2CCC(=O)O)c(OC)c1. The number of aryl methyl sites for hydroxylation is 1. The summed E-state index contributed by atoms with van der Waals surface area (Å²) < 4.78 is 24.4. The molecule has 6 heteroatoms. The molecule has 2 aromatic carbocycles. The largest absolute Gasteiger partial charge is 0.497 e. The van der Waals surface area contributed by atoms with Crippen molar-refractivity contribution in [2.75, 3.05) is 14.2 Å². The lowest BCUT2D eigenvalue weighted by Gasteiger charge is -2.11. The van der Waals surface area contributed by atoms with Crippen LogP contribution in [0.2, 0.25) is 0 Å². The molecule has 3 rings (SSSR count). The summed E-state index contributed by atoms with van der Waals surface area (Å²) in [7, 11) is 3.12. The van der Waals surface area contributed by atoms with Gasteiger partial charge in [0.1, 0.15) is 17.3 Å². The summed E-state index contributed by atoms with van der Waals surface area (Å²) in [4.78, 5) is 14.3. The van der Waals surface area contributed by atoms with Crippen molar-refractivity contribution in [3.8, 4) is 22.8 Å². The highest BCUT2D eigenvalue weighted by atomic mass is 19.1. The van der Waals surface area contributed by atoms with Crippen molar-refractivity contribution < 1.29 is 23.8 Å². The number of rotatable bonds is 6. The lowest BCUT2D eigenvalue weighted by atomic mass is 10.0. The zero-order valence-corrected chi connectivity index (χ0v) is 13.9. The van der Waals surface area contributed by atoms with Gasteiger partial charge in [-0.25, -0.2) is 4.39 Å². The zero-order chi connectivity index (χ0) is 18.0. The van der Waals surface area contributed by atoms with Crippen LogP contribution in [0.3, 0.4) is 0 Å². The van der Waals surface area contributed by atoms with Gasteiger partial charge in [0.25, 0.3) is 0 Å². The fourth-order valence-corrected chi connectivity index (χ4v) is 2.95. The number of H-pyrrole nitrogens is 1. The van der Waals surface area contributed by atoms with Gasteiger partial charge in [0.15, 0.2) is 0 Å². The van der Waals surface area contributed by atoms with Crippen LogP contribution in [0.15, 0.2) is 36.4 Å². The Hall–Kier alpha value is -3.02. The van der Waals surface area contributed by atoms with Gasteiger partial charge in [-0.15, -0.1) is 0 Å². The molecule has 5 nitrogen and oxygen atoms in total. The summed E-state index contributed by atoms with van der Waals surface area (Å²) >= 11 is 0. The lowest BCUT2D eigenvalue weighted by Crippen LogP contribution is -1.99. The van der Waals surface area contributed by atoms with Gasteiger partial charge in [-0.1, -0.05) is 0 Å². The van der Waals surface area contributed by atoms with E-state index in [-0.39, 0.29) is 18.7 Å². The molecular weight excluding hydrogens is 325 g/mol. The Morgan fingerprint density at radius 1 is 1.16 bits per heavy atom. The molecule has 0 saturated carbocycles. The summed E-state index contributed by atoms with van der Waals surface area (Å²) in [6, 6.07) is 9.82. The van der Waals surface area contributed by atoms with Crippen LogP contribution in [-0.2, 0) is 11.2 Å². The van der Waals surface area contributed by atoms with Crippen LogP contribution < -0.4 is 9.47 Å². The minimum atomic E-state index is -0.904. The Morgan fingerprint density at radius 3 is 2.64 bits per heavy atom. The maximum Gasteiger partial charge on any atom is 0.303 e. The van der Waals surface area contributed by atoms with Gasteiger partial charge in [-0.05, 0) is 42.3 Å². The van der Waals surface area contributed by atoms with Gasteiger partial charge in [-0.2, -0.15) is 0 Å². The molecule has 0 spiro atoms. The van der Waals surface area contributed by atoms with E-state index in [1.807, 2.05) is 6.07 Å². The predicted molar refractivity (Wildman–Crippen MR) is 92.8 cm³/mol. The highest BCUT2D eigenvalue weighted by molar-refractivity contribution is 5.92. The number of nitrogens with one attached hydrogen (secondary N) is 1. The van der Waals surface area contributed by atoms with Crippen molar-refractivity contribution in [3.63, 3.8) is 0 Å². The molecule has 0 saturated heterocycles. The first-order valence-electron chi connectivity index (χ1n) is 7.77. The van der Waals surface area contributed by atoms with Gasteiger partial charge < -0.3 is 19.6 Å². The van der Waals surface area contributed by atoms with Crippen LogP contribution in [0.5, 0.6) is 11.5 Å². The van der Waals surface area contributed by atoms with E-state index >= 15 is 0 Å². The highest BCUT2D eigenvalue weighted by Gasteiger charge is 2.18. The molecule has 0 bridgehead atoms. The number of hydrogen-bond donors (Lipinski definition) is 2. The molecule has 0 aliphatic rings. The molecule has 1 heterocycles. The van der Waals surface area contributed by atoms with Crippen molar-refractivity contribution in [2.24, 2.45) is 0 Å². The Bertz CT molecular complexity index is 933. The summed E-state index contributed by atoms with van der Waals surface area (Å²) in [5.74, 6) is -0.0347. The first-order valence-corrected chi connectivity index (χ1v) is 7.77. The van der Waals surface area contributed by atoms with Crippen LogP contribution >= 0.6 is 0 Å². The molecule has 0 amide bonds. The average molecular weight is 343 g/mol. The Morgan fingerprint density at radius 2 is 1.96 bits per heavy atom. The van der Waals surface area contributed by atoms with Crippen LogP contribution in [-0.4, -0.2) is 30.3 Å². The molecule has 3 aromatic rings. The normalized spacial score (nSPS) is 10.8. The number of carboxylic acid groups (broad SMARTS) is 1. The van der Waals surface area contributed by atoms with E-state index in [9.17, 15) is 9.18 Å². The van der Waals surface area contributed by atoms with E-state index in [1.54, 1.807) is 32.4 Å². The topological polar surface area (TPSA) is 71.6 Å². The predicted octanol–water partition coefficient (Wildman–Crippen LogP) is 4.01. The number of benzene rings is 2. The zero-order valence-electron chi connectivity index (χ0n) is 13.9. The van der Waals surface area contributed by atoms with Crippen LogP contribution in [0.25, 0.3) is 22.2 Å². The molecule has 0 fully saturated rings. The number of fused-ring (bicyclic) bond motifs is 1. The first kappa shape index (κ1) is 16.8. The lowest BCUT2D eigenvalue weighted by molar-refractivity contribution is -0.136. The third kappa shape index (κ3) is 3.28. The van der Waals surface area contributed by atoms with E-state index in [4.69, 9.17) is 14.6 Å². The summed E-state index contributed by atoms with van der Waals surface area (Å²) in [5.41, 5.74) is 2.98. The van der Waals surface area contributed by atoms with E-state index < -0.39 is 5.97 Å². The van der Waals surface area contributed by atoms with E-state index in [0.717, 1.165) is 22.3 Å². The van der Waals surface area contributed by atoms with Crippen LogP contribution in [0.4, 0.5) is 4.39 Å². The van der Waals surface area contributed by atoms with Gasteiger partial charge in [0.2, 0.25) is 0 Å². The number of hydrogen-bond acceptors (Lipinski definition) is 3. The monoisotopic (exact) mass is 343 g/mol. The maximum atomic E-state index is 13.7. The van der Waals surface area contributed by atoms with Crippen molar-refractivity contribution in [3.05, 3.63) is 47.8 Å². The van der Waals surface area contributed by atoms with Crippen LogP contribution in [0.1, 0.15) is 12.0 Å². The number of halogens is 1. The second kappa shape index (κ2) is 6.84. The van der Waals surface area contributed by atoms with Gasteiger partial charge >= 0.3 is 5.97 Å². The molecule has 0 aliphatic heterocycles. The minimum absolute atomic E-state index is 0.0467. The quantitative estimate of drug-likeness (QED) is 0.709. The molecule has 0 atom stereocenters. The number of carbonyl (C=O) groups is 1. The Balaban J connectivity index is 2.21. The molecule has 25 heavy (non-hydrogen) atoms. The standard InChI is InChI=1S/C19H18FNO4/c1-24-12-4-5-14(17(10-12)25-2)19-13(6-8-18(22)23)15-9-11(20)3-7-16(15)21-19/h3-5,7,9-10,21H,6,8H2,1-2H3,(H,22,23). The number of ether oxygens (including phenoxy) is 2. The van der Waals surface area contributed by atoms with Crippen LogP contribution in [0, 0.1) is 5.82 Å². The minimum Gasteiger partial charge on any atom is -0.497 e. The Labute approximate surface area is 144 Å². The number of aromatic amines is 1. The fourth-order valence-electron chi connectivity index (χ4n) is 2.95. The van der Waals surface area contributed by atoms with E-state index in [1.165, 1.54) is 12.1 Å². The van der Waals surface area contributed by atoms with Gasteiger partial charge in [-0.3, -0.25) is 4.79 Å². The van der Waals surface area contributed by atoms with E-state index in [2.05, 4.69) is 4.98 Å². The molecule has 0 unspecified atom stereocenters. The van der Waals surface area contributed by atoms with Gasteiger partial charge in [0.05, 0.1) is 19.9 Å². The second-order valence-electron chi connectivity index (χ2n) is 5.63. The van der Waals surface area contributed by atoms with Crippen molar-refractivity contribution in [1.82, 2.24) is 4.98 Å². The number of aliphatic carboxylic acids is 1. The number of methoxy groups -OCH3 is 2. The molecule has 130 valence electrons. The van der Waals surface area contributed by atoms with Crippen molar-refractivity contribution in [1.29, 1.82) is 0 Å². The van der Waals surface area contributed by atoms with Crippen molar-refractivity contribution in [2.45, 2.75) is 12.8 Å². The third-order valence-electron chi connectivity index (χ3n) is 4.14. The summed E-state index contributed by atoms with van der Waals surface area (Å²) in [5, 5.41) is 9.72. The summed E-state index contributed by atoms with van der Waals surface area (Å²) in [6.07, 6.45) is 0.234. The fraction of sp³-hybridized carbons (Fsp3) is 0.211. The van der Waals surface area contributed by atoms with E-state index in [0.29, 0.717) is 16.9 Å². The molecular formula is C19H18FNO4. The number of carboxylic acids is 1. The molecule has 2 N–H and O–H groups in total. The third-order valence-corrected chi connectivity index (χ3v) is 4.14. The average Bonchev–Trinajstić information content (AvgIpc) is 2.96. The number of aromatic nitrogens is 1. The first-order chi connectivity index (χ1) is 12.0. The summed E-state index contributed by atoms with van der Waals surface area (Å²) in [6.45, 7) is 0. The maximum absolute atomic E-state index is 13.7. The molecule has 0 radical (unpaired) electrons. The highest BCUT2D eigenvalue weighted by Crippen LogP contribution is 2.38. The van der Waals surface area contributed by atoms with Gasteiger partial charge in [0, 0.05) is 29.0 Å².